The molecule has 1 aromatic carbocycles. The van der Waals surface area contributed by atoms with Gasteiger partial charge in [0, 0.05) is 0 Å². The Labute approximate surface area is 190 Å². The third-order valence-electron chi connectivity index (χ3n) is 4.36. The van der Waals surface area contributed by atoms with Crippen molar-refractivity contribution in [1.82, 2.24) is 5.32 Å². The van der Waals surface area contributed by atoms with E-state index in [2.05, 4.69) is 5.32 Å². The first-order chi connectivity index (χ1) is 15.2. The van der Waals surface area contributed by atoms with Crippen LogP contribution in [0.3, 0.4) is 0 Å². The molecule has 0 fully saturated rings. The van der Waals surface area contributed by atoms with Gasteiger partial charge in [-0.3, -0.25) is 23.7 Å². The van der Waals surface area contributed by atoms with Gasteiger partial charge in [-0.05, 0) is 39.2 Å². The Kier molecular flexibility index (Phi) is 12.7. The number of carbonyl (C=O) groups excluding carboxylic acids is 2. The molecule has 1 N–H and O–H groups in total. The van der Waals surface area contributed by atoms with Crippen molar-refractivity contribution >= 4 is 19.8 Å². The number of benzene rings is 1. The maximum Gasteiger partial charge on any atom is 0.475 e. The van der Waals surface area contributed by atoms with Gasteiger partial charge in [-0.25, -0.2) is 9.36 Å². The van der Waals surface area contributed by atoms with Crippen molar-refractivity contribution < 1.29 is 37.2 Å². The highest BCUT2D eigenvalue weighted by Crippen LogP contribution is 2.51. The number of ether oxygens (including phenoxy) is 2. The molecule has 1 aromatic rings. The molecule has 0 aliphatic heterocycles. The standard InChI is InChI=1S/C22H36NO8P/c1-7-27-21(24)18(16(5)6)23-19(17-14-12-11-13-15-17)20(22(25)28-8-2)31-32(26,29-9-3)30-10-4/h11-16,18-20,23H,7-10H2,1-6H3/t18?,19-,20-/m1/s1. The molecule has 0 saturated heterocycles. The topological polar surface area (TPSA) is 109 Å². The van der Waals surface area contributed by atoms with Crippen LogP contribution in [0.4, 0.5) is 0 Å². The van der Waals surface area contributed by atoms with Crippen LogP contribution in [0.1, 0.15) is 53.1 Å². The second-order valence-corrected chi connectivity index (χ2v) is 8.71. The van der Waals surface area contributed by atoms with Gasteiger partial charge in [0.2, 0.25) is 0 Å². The molecular weight excluding hydrogens is 437 g/mol. The lowest BCUT2D eigenvalue weighted by molar-refractivity contribution is -0.156. The van der Waals surface area contributed by atoms with E-state index in [9.17, 15) is 14.2 Å². The van der Waals surface area contributed by atoms with Crippen LogP contribution in [0.15, 0.2) is 30.3 Å². The van der Waals surface area contributed by atoms with Crippen LogP contribution in [0.5, 0.6) is 0 Å². The van der Waals surface area contributed by atoms with Crippen LogP contribution in [-0.2, 0) is 37.2 Å². The van der Waals surface area contributed by atoms with Crippen molar-refractivity contribution in [3.63, 3.8) is 0 Å². The molecule has 9 nitrogen and oxygen atoms in total. The summed E-state index contributed by atoms with van der Waals surface area (Å²) in [5, 5.41) is 3.17. The number of phosphoric ester groups is 1. The lowest BCUT2D eigenvalue weighted by Gasteiger charge is -2.32. The second kappa shape index (κ2) is 14.4. The van der Waals surface area contributed by atoms with E-state index in [0.29, 0.717) is 5.56 Å². The van der Waals surface area contributed by atoms with Gasteiger partial charge in [0.25, 0.3) is 0 Å². The molecule has 0 saturated carbocycles. The quantitative estimate of drug-likeness (QED) is 0.298. The Hall–Kier alpha value is -1.77. The minimum absolute atomic E-state index is 0.0493. The zero-order valence-corrected chi connectivity index (χ0v) is 20.6. The fraction of sp³-hybridized carbons (Fsp3) is 0.636. The zero-order chi connectivity index (χ0) is 24.1. The van der Waals surface area contributed by atoms with E-state index in [0.717, 1.165) is 0 Å². The number of hydrogen-bond donors (Lipinski definition) is 1. The van der Waals surface area contributed by atoms with E-state index in [1.807, 2.05) is 19.9 Å². The summed E-state index contributed by atoms with van der Waals surface area (Å²) in [6.45, 7) is 10.7. The summed E-state index contributed by atoms with van der Waals surface area (Å²) in [5.74, 6) is -1.41. The lowest BCUT2D eigenvalue weighted by atomic mass is 9.97. The van der Waals surface area contributed by atoms with E-state index in [4.69, 9.17) is 23.0 Å². The van der Waals surface area contributed by atoms with Crippen LogP contribution in [0, 0.1) is 5.92 Å². The van der Waals surface area contributed by atoms with Crippen molar-refractivity contribution in [2.24, 2.45) is 5.92 Å². The molecule has 1 unspecified atom stereocenters. The maximum absolute atomic E-state index is 13.1. The number of hydrogen-bond acceptors (Lipinski definition) is 9. The summed E-state index contributed by atoms with van der Waals surface area (Å²) in [6.07, 6.45) is -1.42. The summed E-state index contributed by atoms with van der Waals surface area (Å²) >= 11 is 0. The molecule has 0 spiro atoms. The number of nitrogens with one attached hydrogen (secondary N) is 1. The predicted octanol–water partition coefficient (Wildman–Crippen LogP) is 4.03. The van der Waals surface area contributed by atoms with Crippen LogP contribution >= 0.6 is 7.82 Å². The number of carbonyl (C=O) groups is 2. The van der Waals surface area contributed by atoms with Gasteiger partial charge in [-0.1, -0.05) is 44.2 Å². The Morgan fingerprint density at radius 3 is 1.88 bits per heavy atom. The molecule has 3 atom stereocenters. The van der Waals surface area contributed by atoms with Crippen LogP contribution in [-0.4, -0.2) is 50.5 Å². The largest absolute Gasteiger partial charge is 0.475 e. The SMILES string of the molecule is CCOC(=O)C(N[C@H](c1ccccc1)[C@@H](OP(=O)(OCC)OCC)C(=O)OCC)C(C)C. The highest BCUT2D eigenvalue weighted by Gasteiger charge is 2.42. The fourth-order valence-corrected chi connectivity index (χ4v) is 4.31. The van der Waals surface area contributed by atoms with E-state index >= 15 is 0 Å². The summed E-state index contributed by atoms with van der Waals surface area (Å²) in [4.78, 5) is 25.6. The number of rotatable bonds is 15. The first-order valence-corrected chi connectivity index (χ1v) is 12.4. The van der Waals surface area contributed by atoms with E-state index in [1.165, 1.54) is 0 Å². The normalized spacial score (nSPS) is 14.6. The van der Waals surface area contributed by atoms with Crippen molar-refractivity contribution in [2.75, 3.05) is 26.4 Å². The van der Waals surface area contributed by atoms with E-state index in [1.54, 1.807) is 52.0 Å². The Morgan fingerprint density at radius 1 is 0.875 bits per heavy atom. The van der Waals surface area contributed by atoms with Crippen molar-refractivity contribution in [1.29, 1.82) is 0 Å². The van der Waals surface area contributed by atoms with Gasteiger partial charge < -0.3 is 9.47 Å². The predicted molar refractivity (Wildman–Crippen MR) is 120 cm³/mol. The molecule has 0 aromatic heterocycles. The Bertz CT molecular complexity index is 733. The number of phosphoric acid groups is 1. The van der Waals surface area contributed by atoms with Crippen molar-refractivity contribution in [2.45, 2.75) is 59.7 Å². The molecule has 0 bridgehead atoms. The third-order valence-corrected chi connectivity index (χ3v) is 6.00. The van der Waals surface area contributed by atoms with Crippen molar-refractivity contribution in [3.8, 4) is 0 Å². The van der Waals surface area contributed by atoms with Gasteiger partial charge in [-0.15, -0.1) is 0 Å². The Morgan fingerprint density at radius 2 is 1.41 bits per heavy atom. The molecule has 182 valence electrons. The zero-order valence-electron chi connectivity index (χ0n) is 19.7. The van der Waals surface area contributed by atoms with Crippen LogP contribution in [0.25, 0.3) is 0 Å². The lowest BCUT2D eigenvalue weighted by Crippen LogP contribution is -2.49. The molecular formula is C22H36NO8P. The fourth-order valence-electron chi connectivity index (χ4n) is 2.99. The van der Waals surface area contributed by atoms with E-state index < -0.39 is 37.9 Å². The maximum atomic E-state index is 13.1. The molecule has 0 heterocycles. The minimum Gasteiger partial charge on any atom is -0.465 e. The highest BCUT2D eigenvalue weighted by atomic mass is 31.2. The summed E-state index contributed by atoms with van der Waals surface area (Å²) in [5.41, 5.74) is 0.625. The molecule has 32 heavy (non-hydrogen) atoms. The van der Waals surface area contributed by atoms with Gasteiger partial charge >= 0.3 is 19.8 Å². The highest BCUT2D eigenvalue weighted by molar-refractivity contribution is 7.48. The monoisotopic (exact) mass is 473 g/mol. The first-order valence-electron chi connectivity index (χ1n) is 10.9. The summed E-state index contributed by atoms with van der Waals surface area (Å²) < 4.78 is 39.7. The molecule has 0 amide bonds. The van der Waals surface area contributed by atoms with Gasteiger partial charge in [0.15, 0.2) is 6.10 Å². The van der Waals surface area contributed by atoms with Gasteiger partial charge in [0.05, 0.1) is 32.5 Å². The molecule has 0 radical (unpaired) electrons. The molecule has 0 aliphatic rings. The smallest absolute Gasteiger partial charge is 0.465 e. The second-order valence-electron chi connectivity index (χ2n) is 7.09. The average molecular weight is 474 g/mol. The summed E-state index contributed by atoms with van der Waals surface area (Å²) in [6, 6.07) is 7.25. The number of esters is 2. The minimum atomic E-state index is -4.09. The third kappa shape index (κ3) is 8.64. The Balaban J connectivity index is 3.48. The first kappa shape index (κ1) is 28.3. The van der Waals surface area contributed by atoms with Crippen molar-refractivity contribution in [3.05, 3.63) is 35.9 Å². The van der Waals surface area contributed by atoms with Crippen LogP contribution < -0.4 is 5.32 Å². The molecule has 1 rings (SSSR count). The van der Waals surface area contributed by atoms with Crippen LogP contribution in [0.2, 0.25) is 0 Å². The van der Waals surface area contributed by atoms with E-state index in [-0.39, 0.29) is 32.3 Å². The molecule has 10 heteroatoms. The van der Waals surface area contributed by atoms with Gasteiger partial charge in [-0.2, -0.15) is 0 Å². The molecule has 0 aliphatic carbocycles. The van der Waals surface area contributed by atoms with Gasteiger partial charge in [0.1, 0.15) is 6.04 Å². The summed E-state index contributed by atoms with van der Waals surface area (Å²) in [7, 11) is -4.09. The average Bonchev–Trinajstić information content (AvgIpc) is 2.74.